The molecule has 3 aromatic carbocycles. The molecular formula is C29H27N3O5. The number of para-hydroxylation sites is 1. The van der Waals surface area contributed by atoms with E-state index in [2.05, 4.69) is 10.3 Å². The van der Waals surface area contributed by atoms with E-state index in [-0.39, 0.29) is 5.91 Å². The molecule has 1 aromatic heterocycles. The van der Waals surface area contributed by atoms with Crippen molar-refractivity contribution in [3.05, 3.63) is 102 Å². The minimum Gasteiger partial charge on any atom is -0.497 e. The maximum absolute atomic E-state index is 13.8. The third-order valence-electron chi connectivity index (χ3n) is 6.22. The molecule has 2 heterocycles. The van der Waals surface area contributed by atoms with Gasteiger partial charge in [0.25, 0.3) is 5.91 Å². The van der Waals surface area contributed by atoms with Gasteiger partial charge in [0.15, 0.2) is 11.5 Å². The van der Waals surface area contributed by atoms with E-state index in [9.17, 15) is 4.79 Å². The molecular weight excluding hydrogens is 470 g/mol. The molecule has 4 aromatic rings. The van der Waals surface area contributed by atoms with Gasteiger partial charge >= 0.3 is 0 Å². The molecule has 1 N–H and O–H groups in total. The zero-order chi connectivity index (χ0) is 25.8. The predicted octanol–water partition coefficient (Wildman–Crippen LogP) is 5.46. The Morgan fingerprint density at radius 3 is 2.38 bits per heavy atom. The Bertz CT molecular complexity index is 1410. The van der Waals surface area contributed by atoms with Crippen LogP contribution in [0, 0.1) is 0 Å². The van der Waals surface area contributed by atoms with E-state index in [1.54, 1.807) is 56.8 Å². The summed E-state index contributed by atoms with van der Waals surface area (Å²) in [5.74, 6) is 2.15. The molecule has 5 rings (SSSR count). The second-order valence-corrected chi connectivity index (χ2v) is 8.36. The summed E-state index contributed by atoms with van der Waals surface area (Å²) < 4.78 is 22.7. The number of hydrogen-bond acceptors (Lipinski definition) is 7. The highest BCUT2D eigenvalue weighted by Crippen LogP contribution is 2.43. The van der Waals surface area contributed by atoms with E-state index in [0.29, 0.717) is 40.9 Å². The van der Waals surface area contributed by atoms with E-state index in [1.165, 1.54) is 0 Å². The SMILES string of the molecule is COc1ccc(N2C(=O)c3ccccc3NC2c2ccc(OCc3ccncc3)c(OC)c2)c(OC)c1. The summed E-state index contributed by atoms with van der Waals surface area (Å²) in [6.07, 6.45) is 2.92. The number of carbonyl (C=O) groups is 1. The normalized spacial score (nSPS) is 14.4. The van der Waals surface area contributed by atoms with Gasteiger partial charge in [-0.15, -0.1) is 0 Å². The quantitative estimate of drug-likeness (QED) is 0.346. The van der Waals surface area contributed by atoms with Crippen LogP contribution in [0.25, 0.3) is 0 Å². The van der Waals surface area contributed by atoms with Crippen LogP contribution < -0.4 is 29.2 Å². The number of hydrogen-bond donors (Lipinski definition) is 1. The maximum Gasteiger partial charge on any atom is 0.262 e. The fraction of sp³-hybridized carbons (Fsp3) is 0.172. The fourth-order valence-electron chi connectivity index (χ4n) is 4.33. The molecule has 1 aliphatic rings. The van der Waals surface area contributed by atoms with Crippen molar-refractivity contribution in [3.8, 4) is 23.0 Å². The van der Waals surface area contributed by atoms with Crippen LogP contribution in [-0.2, 0) is 6.61 Å². The van der Waals surface area contributed by atoms with Gasteiger partial charge in [-0.2, -0.15) is 0 Å². The molecule has 1 atom stereocenters. The number of nitrogens with zero attached hydrogens (tertiary/aromatic N) is 2. The van der Waals surface area contributed by atoms with E-state index < -0.39 is 6.17 Å². The van der Waals surface area contributed by atoms with Gasteiger partial charge in [0, 0.05) is 24.1 Å². The van der Waals surface area contributed by atoms with Gasteiger partial charge in [0.05, 0.1) is 32.6 Å². The largest absolute Gasteiger partial charge is 0.497 e. The second-order valence-electron chi connectivity index (χ2n) is 8.36. The minimum absolute atomic E-state index is 0.153. The van der Waals surface area contributed by atoms with Crippen molar-refractivity contribution in [1.82, 2.24) is 4.98 Å². The lowest BCUT2D eigenvalue weighted by Crippen LogP contribution is -2.43. The Balaban J connectivity index is 1.55. The summed E-state index contributed by atoms with van der Waals surface area (Å²) in [6, 6.07) is 22.3. The van der Waals surface area contributed by atoms with Crippen LogP contribution in [0.3, 0.4) is 0 Å². The molecule has 37 heavy (non-hydrogen) atoms. The topological polar surface area (TPSA) is 82.2 Å². The highest BCUT2D eigenvalue weighted by molar-refractivity contribution is 6.12. The number of ether oxygens (including phenoxy) is 4. The van der Waals surface area contributed by atoms with Gasteiger partial charge in [-0.25, -0.2) is 0 Å². The molecule has 0 saturated heterocycles. The summed E-state index contributed by atoms with van der Waals surface area (Å²) in [5, 5.41) is 3.52. The molecule has 1 unspecified atom stereocenters. The average molecular weight is 498 g/mol. The van der Waals surface area contributed by atoms with E-state index in [0.717, 1.165) is 16.8 Å². The number of carbonyl (C=O) groups excluding carboxylic acids is 1. The molecule has 0 fully saturated rings. The molecule has 1 amide bonds. The van der Waals surface area contributed by atoms with Crippen molar-refractivity contribution < 1.29 is 23.7 Å². The van der Waals surface area contributed by atoms with Crippen LogP contribution in [0.5, 0.6) is 23.0 Å². The van der Waals surface area contributed by atoms with Crippen molar-refractivity contribution in [2.24, 2.45) is 0 Å². The molecule has 8 nitrogen and oxygen atoms in total. The van der Waals surface area contributed by atoms with Crippen LogP contribution >= 0.6 is 0 Å². The Kier molecular flexibility index (Phi) is 6.81. The lowest BCUT2D eigenvalue weighted by atomic mass is 10.0. The fourth-order valence-corrected chi connectivity index (χ4v) is 4.33. The zero-order valence-electron chi connectivity index (χ0n) is 20.8. The molecule has 0 spiro atoms. The van der Waals surface area contributed by atoms with Crippen molar-refractivity contribution >= 4 is 17.3 Å². The van der Waals surface area contributed by atoms with Gasteiger partial charge in [-0.3, -0.25) is 14.7 Å². The number of nitrogens with one attached hydrogen (secondary N) is 1. The Morgan fingerprint density at radius 1 is 0.838 bits per heavy atom. The highest BCUT2D eigenvalue weighted by atomic mass is 16.5. The Labute approximate surface area is 215 Å². The lowest BCUT2D eigenvalue weighted by molar-refractivity contribution is 0.0974. The van der Waals surface area contributed by atoms with Crippen LogP contribution in [0.4, 0.5) is 11.4 Å². The highest BCUT2D eigenvalue weighted by Gasteiger charge is 2.36. The molecule has 1 aliphatic heterocycles. The number of anilines is 2. The van der Waals surface area contributed by atoms with Crippen LogP contribution in [-0.4, -0.2) is 32.2 Å². The smallest absolute Gasteiger partial charge is 0.262 e. The van der Waals surface area contributed by atoms with E-state index in [1.807, 2.05) is 54.6 Å². The van der Waals surface area contributed by atoms with Gasteiger partial charge < -0.3 is 24.3 Å². The van der Waals surface area contributed by atoms with Crippen LogP contribution in [0.1, 0.15) is 27.7 Å². The zero-order valence-corrected chi connectivity index (χ0v) is 20.8. The van der Waals surface area contributed by atoms with Crippen molar-refractivity contribution in [1.29, 1.82) is 0 Å². The third-order valence-corrected chi connectivity index (χ3v) is 6.22. The Morgan fingerprint density at radius 2 is 1.62 bits per heavy atom. The van der Waals surface area contributed by atoms with Crippen LogP contribution in [0.2, 0.25) is 0 Å². The van der Waals surface area contributed by atoms with Crippen molar-refractivity contribution in [2.45, 2.75) is 12.8 Å². The molecule has 0 bridgehead atoms. The molecule has 0 radical (unpaired) electrons. The third kappa shape index (κ3) is 4.73. The monoisotopic (exact) mass is 497 g/mol. The number of pyridine rings is 1. The number of fused-ring (bicyclic) bond motifs is 1. The van der Waals surface area contributed by atoms with Gasteiger partial charge in [0.2, 0.25) is 0 Å². The van der Waals surface area contributed by atoms with E-state index in [4.69, 9.17) is 18.9 Å². The van der Waals surface area contributed by atoms with Gasteiger partial charge in [0.1, 0.15) is 24.3 Å². The number of benzene rings is 3. The lowest BCUT2D eigenvalue weighted by Gasteiger charge is -2.38. The summed E-state index contributed by atoms with van der Waals surface area (Å²) in [5.41, 5.74) is 3.74. The first kappa shape index (κ1) is 24.0. The summed E-state index contributed by atoms with van der Waals surface area (Å²) >= 11 is 0. The summed E-state index contributed by atoms with van der Waals surface area (Å²) in [4.78, 5) is 19.6. The molecule has 0 aliphatic carbocycles. The van der Waals surface area contributed by atoms with Gasteiger partial charge in [-0.1, -0.05) is 18.2 Å². The van der Waals surface area contributed by atoms with Crippen LogP contribution in [0.15, 0.2) is 85.2 Å². The number of rotatable bonds is 8. The Hall–Kier alpha value is -4.72. The minimum atomic E-state index is -0.534. The number of aromatic nitrogens is 1. The summed E-state index contributed by atoms with van der Waals surface area (Å²) in [7, 11) is 4.75. The molecule has 188 valence electrons. The molecule has 8 heteroatoms. The first-order valence-corrected chi connectivity index (χ1v) is 11.7. The standard InChI is InChI=1S/C29H27N3O5/c1-34-21-9-10-24(26(17-21)35-2)32-28(31-23-7-5-4-6-22(23)29(32)33)20-8-11-25(27(16-20)36-3)37-18-19-12-14-30-15-13-19/h4-17,28,31H,18H2,1-3H3. The number of amides is 1. The van der Waals surface area contributed by atoms with E-state index >= 15 is 0 Å². The first-order chi connectivity index (χ1) is 18.1. The maximum atomic E-state index is 13.8. The van der Waals surface area contributed by atoms with Crippen molar-refractivity contribution in [2.75, 3.05) is 31.5 Å². The van der Waals surface area contributed by atoms with Crippen molar-refractivity contribution in [3.63, 3.8) is 0 Å². The van der Waals surface area contributed by atoms with Gasteiger partial charge in [-0.05, 0) is 59.7 Å². The average Bonchev–Trinajstić information content (AvgIpc) is 2.96. The molecule has 0 saturated carbocycles. The second kappa shape index (κ2) is 10.5. The number of methoxy groups -OCH3 is 3. The summed E-state index contributed by atoms with van der Waals surface area (Å²) in [6.45, 7) is 0.376. The predicted molar refractivity (Wildman–Crippen MR) is 141 cm³/mol. The first-order valence-electron chi connectivity index (χ1n) is 11.7.